The molecule has 1 heterocycles. The molecule has 0 spiro atoms. The number of hydrogen-bond acceptors (Lipinski definition) is 5. The lowest BCUT2D eigenvalue weighted by molar-refractivity contribution is 0.0983. The molecule has 0 atom stereocenters. The Balaban J connectivity index is 2.11. The van der Waals surface area contributed by atoms with E-state index in [-0.39, 0.29) is 12.4 Å². The van der Waals surface area contributed by atoms with Gasteiger partial charge in [-0.2, -0.15) is 4.98 Å². The molecule has 0 unspecified atom stereocenters. The molecule has 0 aliphatic carbocycles. The highest BCUT2D eigenvalue weighted by Gasteiger charge is 2.11. The summed E-state index contributed by atoms with van der Waals surface area (Å²) in [6.07, 6.45) is 0.446. The van der Waals surface area contributed by atoms with E-state index in [0.29, 0.717) is 29.4 Å². The van der Waals surface area contributed by atoms with Gasteiger partial charge < -0.3 is 9.26 Å². The quantitative estimate of drug-likeness (QED) is 0.758. The summed E-state index contributed by atoms with van der Waals surface area (Å²) in [5, 5.41) is 3.73. The Bertz CT molecular complexity index is 549. The van der Waals surface area contributed by atoms with Crippen molar-refractivity contribution in [2.75, 3.05) is 0 Å². The van der Waals surface area contributed by atoms with Gasteiger partial charge in [0.05, 0.1) is 5.56 Å². The van der Waals surface area contributed by atoms with Crippen LogP contribution in [0.3, 0.4) is 0 Å². The maximum atomic E-state index is 11.7. The highest BCUT2D eigenvalue weighted by atomic mass is 16.5. The number of benzene rings is 1. The van der Waals surface area contributed by atoms with Crippen LogP contribution in [0.15, 0.2) is 28.8 Å². The lowest BCUT2D eigenvalue weighted by Crippen LogP contribution is -2.04. The molecule has 5 nitrogen and oxygen atoms in total. The fourth-order valence-electron chi connectivity index (χ4n) is 1.56. The topological polar surface area (TPSA) is 65.2 Å². The summed E-state index contributed by atoms with van der Waals surface area (Å²) in [5.41, 5.74) is 0.584. The number of ether oxygens (including phenoxy) is 1. The number of ketones is 1. The van der Waals surface area contributed by atoms with Gasteiger partial charge in [0.25, 0.3) is 0 Å². The Hall–Kier alpha value is -2.17. The number of carbonyl (C=O) groups is 1. The molecule has 0 bridgehead atoms. The van der Waals surface area contributed by atoms with E-state index in [1.165, 1.54) is 0 Å². The second-order valence-electron chi connectivity index (χ2n) is 3.79. The Kier molecular flexibility index (Phi) is 3.72. The molecule has 0 aliphatic rings. The number of carbonyl (C=O) groups excluding carboxylic acids is 1. The van der Waals surface area contributed by atoms with E-state index in [4.69, 9.17) is 9.26 Å². The summed E-state index contributed by atoms with van der Waals surface area (Å²) in [7, 11) is 0. The minimum atomic E-state index is 0.0508. The van der Waals surface area contributed by atoms with E-state index in [2.05, 4.69) is 10.1 Å². The van der Waals surface area contributed by atoms with Gasteiger partial charge in [-0.15, -0.1) is 0 Å². The van der Waals surface area contributed by atoms with Crippen molar-refractivity contribution in [3.63, 3.8) is 0 Å². The number of aromatic nitrogens is 2. The second-order valence-corrected chi connectivity index (χ2v) is 3.79. The molecule has 0 fully saturated rings. The third-order valence-corrected chi connectivity index (χ3v) is 2.43. The van der Waals surface area contributed by atoms with Crippen LogP contribution < -0.4 is 4.74 Å². The molecule has 1 aromatic carbocycles. The van der Waals surface area contributed by atoms with Crippen molar-refractivity contribution >= 4 is 5.78 Å². The average Bonchev–Trinajstić information content (AvgIpc) is 2.81. The van der Waals surface area contributed by atoms with Gasteiger partial charge in [0.1, 0.15) is 5.75 Å². The molecular formula is C13H14N2O3. The van der Waals surface area contributed by atoms with Crippen LogP contribution in [0, 0.1) is 6.92 Å². The molecule has 0 saturated carbocycles. The molecule has 0 saturated heterocycles. The van der Waals surface area contributed by atoms with E-state index in [0.717, 1.165) is 0 Å². The minimum Gasteiger partial charge on any atom is -0.485 e. The van der Waals surface area contributed by atoms with Gasteiger partial charge in [-0.1, -0.05) is 24.2 Å². The van der Waals surface area contributed by atoms with Crippen molar-refractivity contribution in [1.29, 1.82) is 0 Å². The van der Waals surface area contributed by atoms with Crippen LogP contribution in [0.1, 0.15) is 35.4 Å². The first-order valence-electron chi connectivity index (χ1n) is 5.75. The number of nitrogens with zero attached hydrogens (tertiary/aromatic N) is 2. The Labute approximate surface area is 105 Å². The fourth-order valence-corrected chi connectivity index (χ4v) is 1.56. The van der Waals surface area contributed by atoms with Crippen molar-refractivity contribution in [3.05, 3.63) is 41.5 Å². The number of hydrogen-bond donors (Lipinski definition) is 0. The SMILES string of the molecule is CCC(=O)c1ccccc1OCc1noc(C)n1. The van der Waals surface area contributed by atoms with Gasteiger partial charge in [-0.25, -0.2) is 0 Å². The highest BCUT2D eigenvalue weighted by Crippen LogP contribution is 2.20. The molecule has 0 amide bonds. The van der Waals surface area contributed by atoms with Gasteiger partial charge in [0.15, 0.2) is 12.4 Å². The minimum absolute atomic E-state index is 0.0508. The first kappa shape index (κ1) is 12.3. The molecule has 5 heteroatoms. The number of aryl methyl sites for hydroxylation is 1. The Morgan fingerprint density at radius 1 is 1.39 bits per heavy atom. The number of para-hydroxylation sites is 1. The zero-order valence-corrected chi connectivity index (χ0v) is 10.3. The van der Waals surface area contributed by atoms with E-state index >= 15 is 0 Å². The highest BCUT2D eigenvalue weighted by molar-refractivity contribution is 5.98. The van der Waals surface area contributed by atoms with Crippen LogP contribution in [-0.4, -0.2) is 15.9 Å². The van der Waals surface area contributed by atoms with Gasteiger partial charge in [-0.05, 0) is 12.1 Å². The van der Waals surface area contributed by atoms with Crippen LogP contribution in [0.4, 0.5) is 0 Å². The molecule has 94 valence electrons. The summed E-state index contributed by atoms with van der Waals surface area (Å²) in [5.74, 6) is 1.56. The maximum Gasteiger partial charge on any atom is 0.223 e. The predicted octanol–water partition coefficient (Wildman–Crippen LogP) is 2.55. The van der Waals surface area contributed by atoms with Crippen molar-refractivity contribution < 1.29 is 14.1 Å². The molecule has 18 heavy (non-hydrogen) atoms. The zero-order valence-electron chi connectivity index (χ0n) is 10.3. The zero-order chi connectivity index (χ0) is 13.0. The van der Waals surface area contributed by atoms with Crippen molar-refractivity contribution in [1.82, 2.24) is 10.1 Å². The van der Waals surface area contributed by atoms with Gasteiger partial charge in [0, 0.05) is 13.3 Å². The van der Waals surface area contributed by atoms with E-state index in [1.54, 1.807) is 19.1 Å². The average molecular weight is 246 g/mol. The largest absolute Gasteiger partial charge is 0.485 e. The Morgan fingerprint density at radius 3 is 2.83 bits per heavy atom. The van der Waals surface area contributed by atoms with Crippen LogP contribution in [0.2, 0.25) is 0 Å². The maximum absolute atomic E-state index is 11.7. The van der Waals surface area contributed by atoms with Crippen molar-refractivity contribution in [2.45, 2.75) is 26.9 Å². The van der Waals surface area contributed by atoms with Crippen LogP contribution in [0.25, 0.3) is 0 Å². The molecule has 2 aromatic rings. The fraction of sp³-hybridized carbons (Fsp3) is 0.308. The van der Waals surface area contributed by atoms with Crippen molar-refractivity contribution in [3.8, 4) is 5.75 Å². The molecule has 1 aromatic heterocycles. The first-order valence-corrected chi connectivity index (χ1v) is 5.75. The molecule has 0 aliphatic heterocycles. The van der Waals surface area contributed by atoms with E-state index in [9.17, 15) is 4.79 Å². The molecule has 2 rings (SSSR count). The number of Topliss-reactive ketones (excluding diaryl/α,β-unsaturated/α-hetero) is 1. The lowest BCUT2D eigenvalue weighted by Gasteiger charge is -2.08. The monoisotopic (exact) mass is 246 g/mol. The van der Waals surface area contributed by atoms with E-state index in [1.807, 2.05) is 19.1 Å². The first-order chi connectivity index (χ1) is 8.70. The normalized spacial score (nSPS) is 10.3. The molecule has 0 radical (unpaired) electrons. The standard InChI is InChI=1S/C13H14N2O3/c1-3-11(16)10-6-4-5-7-12(10)17-8-13-14-9(2)18-15-13/h4-7H,3,8H2,1-2H3. The third-order valence-electron chi connectivity index (χ3n) is 2.43. The van der Waals surface area contributed by atoms with Crippen molar-refractivity contribution in [2.24, 2.45) is 0 Å². The van der Waals surface area contributed by atoms with Gasteiger partial charge in [-0.3, -0.25) is 4.79 Å². The molecular weight excluding hydrogens is 232 g/mol. The van der Waals surface area contributed by atoms with Crippen LogP contribution in [-0.2, 0) is 6.61 Å². The summed E-state index contributed by atoms with van der Waals surface area (Å²) in [6.45, 7) is 3.72. The second kappa shape index (κ2) is 5.44. The summed E-state index contributed by atoms with van der Waals surface area (Å²) >= 11 is 0. The van der Waals surface area contributed by atoms with Gasteiger partial charge >= 0.3 is 0 Å². The van der Waals surface area contributed by atoms with Crippen LogP contribution in [0.5, 0.6) is 5.75 Å². The van der Waals surface area contributed by atoms with Crippen LogP contribution >= 0.6 is 0 Å². The van der Waals surface area contributed by atoms with E-state index < -0.39 is 0 Å². The summed E-state index contributed by atoms with van der Waals surface area (Å²) in [6, 6.07) is 7.15. The smallest absolute Gasteiger partial charge is 0.223 e. The Morgan fingerprint density at radius 2 is 2.17 bits per heavy atom. The predicted molar refractivity (Wildman–Crippen MR) is 64.4 cm³/mol. The summed E-state index contributed by atoms with van der Waals surface area (Å²) < 4.78 is 10.4. The third kappa shape index (κ3) is 2.74. The number of rotatable bonds is 5. The van der Waals surface area contributed by atoms with Gasteiger partial charge in [0.2, 0.25) is 11.7 Å². The lowest BCUT2D eigenvalue weighted by atomic mass is 10.1. The molecule has 0 N–H and O–H groups in total. The summed E-state index contributed by atoms with van der Waals surface area (Å²) in [4.78, 5) is 15.8.